The first kappa shape index (κ1) is 22.4. The third-order valence-corrected chi connectivity index (χ3v) is 7.43. The third-order valence-electron chi connectivity index (χ3n) is 7.43. The van der Waals surface area contributed by atoms with E-state index in [2.05, 4.69) is 34.9 Å². The van der Waals surface area contributed by atoms with Gasteiger partial charge in [0.2, 0.25) is 5.91 Å². The number of ether oxygens (including phenoxy) is 1. The van der Waals surface area contributed by atoms with Gasteiger partial charge in [-0.25, -0.2) is 9.59 Å². The van der Waals surface area contributed by atoms with Gasteiger partial charge in [0.1, 0.15) is 12.6 Å². The van der Waals surface area contributed by atoms with Crippen molar-refractivity contribution in [2.24, 2.45) is 11.8 Å². The van der Waals surface area contributed by atoms with Gasteiger partial charge in [0.25, 0.3) is 0 Å². The van der Waals surface area contributed by atoms with E-state index in [1.54, 1.807) is 0 Å². The van der Waals surface area contributed by atoms with Crippen molar-refractivity contribution in [3.05, 3.63) is 59.7 Å². The molecule has 5 rings (SSSR count). The average Bonchev–Trinajstić information content (AvgIpc) is 3.50. The highest BCUT2D eigenvalue weighted by Crippen LogP contribution is 2.44. The number of hydrogen-bond acceptors (Lipinski definition) is 4. The van der Waals surface area contributed by atoms with Gasteiger partial charge >= 0.3 is 12.1 Å². The SMILES string of the molecule is O=C(C[C@@H]1CCC[C@H]1NC(=O)OCC1c2ccccc2-c2ccccc21)NC(C(=O)O)C1CC1. The Morgan fingerprint density at radius 1 is 0.941 bits per heavy atom. The van der Waals surface area contributed by atoms with Gasteiger partial charge < -0.3 is 20.5 Å². The maximum Gasteiger partial charge on any atom is 0.407 e. The number of amides is 2. The molecule has 178 valence electrons. The molecule has 2 fully saturated rings. The zero-order valence-electron chi connectivity index (χ0n) is 19.0. The van der Waals surface area contributed by atoms with Crippen molar-refractivity contribution in [3.63, 3.8) is 0 Å². The lowest BCUT2D eigenvalue weighted by atomic mass is 9.98. The molecule has 2 aromatic carbocycles. The smallest absolute Gasteiger partial charge is 0.407 e. The minimum absolute atomic E-state index is 0.00122. The summed E-state index contributed by atoms with van der Waals surface area (Å²) < 4.78 is 5.66. The predicted molar refractivity (Wildman–Crippen MR) is 126 cm³/mol. The number of aliphatic carboxylic acids is 1. The van der Waals surface area contributed by atoms with Gasteiger partial charge in [-0.15, -0.1) is 0 Å². The number of nitrogens with one attached hydrogen (secondary N) is 2. The Labute approximate surface area is 198 Å². The second-order valence-electron chi connectivity index (χ2n) is 9.69. The highest BCUT2D eigenvalue weighted by Gasteiger charge is 2.38. The fraction of sp³-hybridized carbons (Fsp3) is 0.444. The van der Waals surface area contributed by atoms with Crippen molar-refractivity contribution in [1.82, 2.24) is 10.6 Å². The summed E-state index contributed by atoms with van der Waals surface area (Å²) in [6.07, 6.45) is 3.94. The topological polar surface area (TPSA) is 105 Å². The van der Waals surface area contributed by atoms with Crippen LogP contribution in [0.3, 0.4) is 0 Å². The Balaban J connectivity index is 1.16. The van der Waals surface area contributed by atoms with Crippen LogP contribution in [0.4, 0.5) is 4.79 Å². The second kappa shape index (κ2) is 9.49. The molecule has 0 heterocycles. The summed E-state index contributed by atoms with van der Waals surface area (Å²) in [5.41, 5.74) is 4.69. The van der Waals surface area contributed by atoms with E-state index in [1.807, 2.05) is 24.3 Å². The number of carbonyl (C=O) groups is 3. The van der Waals surface area contributed by atoms with Crippen molar-refractivity contribution in [1.29, 1.82) is 0 Å². The first-order chi connectivity index (χ1) is 16.5. The Hall–Kier alpha value is -3.35. The van der Waals surface area contributed by atoms with E-state index in [4.69, 9.17) is 4.74 Å². The van der Waals surface area contributed by atoms with Crippen molar-refractivity contribution in [2.75, 3.05) is 6.61 Å². The molecular formula is C27H30N2O5. The molecule has 0 saturated heterocycles. The Bertz CT molecular complexity index is 1050. The Morgan fingerprint density at radius 3 is 2.21 bits per heavy atom. The molecule has 34 heavy (non-hydrogen) atoms. The van der Waals surface area contributed by atoms with Gasteiger partial charge in [-0.05, 0) is 59.8 Å². The van der Waals surface area contributed by atoms with Crippen LogP contribution in [0.5, 0.6) is 0 Å². The molecular weight excluding hydrogens is 432 g/mol. The lowest BCUT2D eigenvalue weighted by Crippen LogP contribution is -2.44. The number of carboxylic acid groups (broad SMARTS) is 1. The molecule has 2 saturated carbocycles. The van der Waals surface area contributed by atoms with Gasteiger partial charge in [-0.1, -0.05) is 55.0 Å². The molecule has 2 amide bonds. The van der Waals surface area contributed by atoms with Gasteiger partial charge in [-0.2, -0.15) is 0 Å². The largest absolute Gasteiger partial charge is 0.480 e. The van der Waals surface area contributed by atoms with E-state index in [0.717, 1.165) is 43.2 Å². The molecule has 0 bridgehead atoms. The fourth-order valence-electron chi connectivity index (χ4n) is 5.54. The lowest BCUT2D eigenvalue weighted by Gasteiger charge is -2.22. The summed E-state index contributed by atoms with van der Waals surface area (Å²) in [5.74, 6) is -1.21. The quantitative estimate of drug-likeness (QED) is 0.549. The molecule has 0 spiro atoms. The summed E-state index contributed by atoms with van der Waals surface area (Å²) in [4.78, 5) is 36.6. The van der Waals surface area contributed by atoms with Crippen LogP contribution in [0.25, 0.3) is 11.1 Å². The van der Waals surface area contributed by atoms with Crippen LogP contribution in [-0.4, -0.2) is 41.8 Å². The predicted octanol–water partition coefficient (Wildman–Crippen LogP) is 4.06. The zero-order valence-corrected chi connectivity index (χ0v) is 19.0. The summed E-state index contributed by atoms with van der Waals surface area (Å²) >= 11 is 0. The molecule has 3 aliphatic carbocycles. The standard InChI is InChI=1S/C27H30N2O5/c30-24(29-25(26(31)32)16-12-13-16)14-17-6-5-11-23(17)28-27(33)34-15-22-20-9-3-1-7-18(20)19-8-2-4-10-21(19)22/h1-4,7-10,16-17,22-23,25H,5-6,11-15H2,(H,28,33)(H,29,30)(H,31,32)/t17-,23+,25?/m0/s1. The van der Waals surface area contributed by atoms with Crippen LogP contribution in [0.2, 0.25) is 0 Å². The molecule has 1 unspecified atom stereocenters. The molecule has 7 heteroatoms. The van der Waals surface area contributed by atoms with E-state index >= 15 is 0 Å². The maximum absolute atomic E-state index is 12.7. The monoisotopic (exact) mass is 462 g/mol. The van der Waals surface area contributed by atoms with Crippen LogP contribution in [0.1, 0.15) is 55.6 Å². The summed E-state index contributed by atoms with van der Waals surface area (Å²) in [6, 6.07) is 15.5. The average molecular weight is 463 g/mol. The second-order valence-corrected chi connectivity index (χ2v) is 9.69. The minimum atomic E-state index is -0.976. The number of carboxylic acids is 1. The van der Waals surface area contributed by atoms with Crippen LogP contribution < -0.4 is 10.6 Å². The summed E-state index contributed by atoms with van der Waals surface area (Å²) in [7, 11) is 0. The van der Waals surface area contributed by atoms with E-state index in [-0.39, 0.29) is 42.7 Å². The molecule has 3 atom stereocenters. The first-order valence-corrected chi connectivity index (χ1v) is 12.1. The van der Waals surface area contributed by atoms with Crippen molar-refractivity contribution < 1.29 is 24.2 Å². The van der Waals surface area contributed by atoms with Crippen LogP contribution in [0, 0.1) is 11.8 Å². The van der Waals surface area contributed by atoms with Crippen LogP contribution in [0.15, 0.2) is 48.5 Å². The molecule has 2 aromatic rings. The van der Waals surface area contributed by atoms with E-state index in [0.29, 0.717) is 0 Å². The van der Waals surface area contributed by atoms with E-state index in [1.165, 1.54) is 11.1 Å². The van der Waals surface area contributed by atoms with Crippen molar-refractivity contribution in [2.45, 2.75) is 56.5 Å². The molecule has 3 aliphatic rings. The van der Waals surface area contributed by atoms with Crippen molar-refractivity contribution >= 4 is 18.0 Å². The number of fused-ring (bicyclic) bond motifs is 3. The Kier molecular flexibility index (Phi) is 6.26. The van der Waals surface area contributed by atoms with Crippen molar-refractivity contribution in [3.8, 4) is 11.1 Å². The molecule has 0 aliphatic heterocycles. The number of alkyl carbamates (subject to hydrolysis) is 1. The van der Waals surface area contributed by atoms with E-state index < -0.39 is 18.1 Å². The number of hydrogen-bond donors (Lipinski definition) is 3. The van der Waals surface area contributed by atoms with Gasteiger partial charge in [0, 0.05) is 18.4 Å². The maximum atomic E-state index is 12.7. The number of rotatable bonds is 8. The minimum Gasteiger partial charge on any atom is -0.480 e. The van der Waals surface area contributed by atoms with E-state index in [9.17, 15) is 19.5 Å². The highest BCUT2D eigenvalue weighted by atomic mass is 16.5. The summed E-state index contributed by atoms with van der Waals surface area (Å²) in [5, 5.41) is 15.0. The third kappa shape index (κ3) is 4.65. The fourth-order valence-corrected chi connectivity index (χ4v) is 5.54. The number of carbonyl (C=O) groups excluding carboxylic acids is 2. The lowest BCUT2D eigenvalue weighted by molar-refractivity contribution is -0.142. The van der Waals surface area contributed by atoms with Gasteiger partial charge in [0.15, 0.2) is 0 Å². The molecule has 7 nitrogen and oxygen atoms in total. The molecule has 3 N–H and O–H groups in total. The van der Waals surface area contributed by atoms with Crippen LogP contribution >= 0.6 is 0 Å². The Morgan fingerprint density at radius 2 is 1.59 bits per heavy atom. The van der Waals surface area contributed by atoms with Crippen LogP contribution in [-0.2, 0) is 14.3 Å². The number of benzene rings is 2. The molecule has 0 aromatic heterocycles. The molecule has 0 radical (unpaired) electrons. The normalized spacial score (nSPS) is 21.9. The first-order valence-electron chi connectivity index (χ1n) is 12.1. The zero-order chi connectivity index (χ0) is 23.7. The highest BCUT2D eigenvalue weighted by molar-refractivity contribution is 5.84. The van der Waals surface area contributed by atoms with Gasteiger partial charge in [0.05, 0.1) is 0 Å². The summed E-state index contributed by atoms with van der Waals surface area (Å²) in [6.45, 7) is 0.249. The van der Waals surface area contributed by atoms with Gasteiger partial charge in [-0.3, -0.25) is 4.79 Å².